The van der Waals surface area contributed by atoms with E-state index >= 15 is 0 Å². The second-order valence-corrected chi connectivity index (χ2v) is 4.08. The van der Waals surface area contributed by atoms with Gasteiger partial charge in [0.1, 0.15) is 5.75 Å². The summed E-state index contributed by atoms with van der Waals surface area (Å²) in [6.45, 7) is 3.68. The van der Waals surface area contributed by atoms with E-state index in [9.17, 15) is 9.90 Å². The molecule has 0 saturated heterocycles. The second kappa shape index (κ2) is 6.09. The monoisotopic (exact) mass is 234 g/mol. The first kappa shape index (κ1) is 13.3. The Balaban J connectivity index is 3.05. The lowest BCUT2D eigenvalue weighted by molar-refractivity contribution is -0.141. The van der Waals surface area contributed by atoms with Crippen LogP contribution in [0.1, 0.15) is 31.7 Å². The van der Waals surface area contributed by atoms with Crippen molar-refractivity contribution in [3.8, 4) is 5.75 Å². The number of carboxylic acids is 1. The fourth-order valence-corrected chi connectivity index (χ4v) is 1.73. The molecule has 1 unspecified atom stereocenters. The summed E-state index contributed by atoms with van der Waals surface area (Å²) in [5, 5.41) is 18.5. The molecule has 17 heavy (non-hydrogen) atoms. The van der Waals surface area contributed by atoms with Gasteiger partial charge in [0.05, 0.1) is 5.92 Å². The van der Waals surface area contributed by atoms with Gasteiger partial charge in [-0.25, -0.2) is 0 Å². The van der Waals surface area contributed by atoms with Crippen LogP contribution in [0.4, 0.5) is 0 Å². The van der Waals surface area contributed by atoms with Gasteiger partial charge >= 0.3 is 5.97 Å². The Hall–Kier alpha value is -1.77. The smallest absolute Gasteiger partial charge is 0.307 e. The van der Waals surface area contributed by atoms with E-state index in [-0.39, 0.29) is 11.7 Å². The Kier molecular flexibility index (Phi) is 4.76. The minimum atomic E-state index is -0.834. The van der Waals surface area contributed by atoms with Gasteiger partial charge in [0.25, 0.3) is 0 Å². The Morgan fingerprint density at radius 1 is 1.47 bits per heavy atom. The van der Waals surface area contributed by atoms with Gasteiger partial charge in [-0.3, -0.25) is 4.79 Å². The molecule has 1 rings (SSSR count). The normalized spacial score (nSPS) is 14.7. The van der Waals surface area contributed by atoms with Crippen molar-refractivity contribution in [3.63, 3.8) is 0 Å². The highest BCUT2D eigenvalue weighted by molar-refractivity contribution is 5.71. The molecule has 0 aliphatic heterocycles. The topological polar surface area (TPSA) is 57.5 Å². The number of benzene rings is 1. The highest BCUT2D eigenvalue weighted by Crippen LogP contribution is 2.28. The fourth-order valence-electron chi connectivity index (χ4n) is 1.73. The molecule has 0 amide bonds. The first-order chi connectivity index (χ1) is 8.06. The SMILES string of the molecule is CCC=C[C@H](c1cccc(O)c1)C(C)C(=O)O. The van der Waals surface area contributed by atoms with Gasteiger partial charge in [0.15, 0.2) is 0 Å². The number of hydrogen-bond donors (Lipinski definition) is 2. The molecule has 0 fully saturated rings. The maximum Gasteiger partial charge on any atom is 0.307 e. The zero-order chi connectivity index (χ0) is 12.8. The molecule has 0 aliphatic rings. The molecule has 0 spiro atoms. The fraction of sp³-hybridized carbons (Fsp3) is 0.357. The lowest BCUT2D eigenvalue weighted by atomic mass is 9.86. The van der Waals surface area contributed by atoms with Crippen molar-refractivity contribution in [2.75, 3.05) is 0 Å². The summed E-state index contributed by atoms with van der Waals surface area (Å²) in [6.07, 6.45) is 4.71. The molecule has 0 saturated carbocycles. The first-order valence-electron chi connectivity index (χ1n) is 5.74. The molecule has 1 aromatic carbocycles. The van der Waals surface area contributed by atoms with Gasteiger partial charge in [-0.1, -0.05) is 38.1 Å². The van der Waals surface area contributed by atoms with Crippen LogP contribution in [0, 0.1) is 5.92 Å². The van der Waals surface area contributed by atoms with E-state index in [0.717, 1.165) is 12.0 Å². The molecule has 1 aromatic rings. The summed E-state index contributed by atoms with van der Waals surface area (Å²) >= 11 is 0. The second-order valence-electron chi connectivity index (χ2n) is 4.08. The van der Waals surface area contributed by atoms with Crippen molar-refractivity contribution in [2.24, 2.45) is 5.92 Å². The quantitative estimate of drug-likeness (QED) is 0.769. The molecule has 0 radical (unpaired) electrons. The molecule has 92 valence electrons. The molecular formula is C14H18O3. The van der Waals surface area contributed by atoms with E-state index in [1.54, 1.807) is 25.1 Å². The van der Waals surface area contributed by atoms with E-state index in [4.69, 9.17) is 5.11 Å². The first-order valence-corrected chi connectivity index (χ1v) is 5.74. The molecule has 0 heterocycles. The number of phenols is 1. The average Bonchev–Trinajstić information content (AvgIpc) is 2.29. The lowest BCUT2D eigenvalue weighted by Gasteiger charge is -2.18. The Morgan fingerprint density at radius 2 is 2.18 bits per heavy atom. The Labute approximate surface area is 101 Å². The van der Waals surface area contributed by atoms with E-state index in [1.165, 1.54) is 0 Å². The third-order valence-electron chi connectivity index (χ3n) is 2.76. The zero-order valence-corrected chi connectivity index (χ0v) is 10.1. The largest absolute Gasteiger partial charge is 0.508 e. The average molecular weight is 234 g/mol. The molecule has 0 bridgehead atoms. The van der Waals surface area contributed by atoms with E-state index < -0.39 is 11.9 Å². The predicted molar refractivity (Wildman–Crippen MR) is 67.1 cm³/mol. The van der Waals surface area contributed by atoms with Gasteiger partial charge in [-0.2, -0.15) is 0 Å². The van der Waals surface area contributed by atoms with Gasteiger partial charge in [0.2, 0.25) is 0 Å². The van der Waals surface area contributed by atoms with Crippen LogP contribution < -0.4 is 0 Å². The van der Waals surface area contributed by atoms with Crippen LogP contribution in [0.2, 0.25) is 0 Å². The summed E-state index contributed by atoms with van der Waals surface area (Å²) in [7, 11) is 0. The number of carbonyl (C=O) groups is 1. The van der Waals surface area contributed by atoms with Crippen LogP contribution >= 0.6 is 0 Å². The van der Waals surface area contributed by atoms with Crippen LogP contribution in [0.5, 0.6) is 5.75 Å². The number of carboxylic acid groups (broad SMARTS) is 1. The highest BCUT2D eigenvalue weighted by Gasteiger charge is 2.22. The molecule has 0 aromatic heterocycles. The van der Waals surface area contributed by atoms with Crippen LogP contribution in [-0.2, 0) is 4.79 Å². The van der Waals surface area contributed by atoms with E-state index in [1.807, 2.05) is 25.1 Å². The van der Waals surface area contributed by atoms with Crippen LogP contribution in [0.15, 0.2) is 36.4 Å². The summed E-state index contributed by atoms with van der Waals surface area (Å²) in [5.74, 6) is -1.40. The molecule has 3 nitrogen and oxygen atoms in total. The number of allylic oxidation sites excluding steroid dienone is 2. The molecular weight excluding hydrogens is 216 g/mol. The summed E-state index contributed by atoms with van der Waals surface area (Å²) in [5.41, 5.74) is 0.824. The molecule has 2 atom stereocenters. The van der Waals surface area contributed by atoms with Gasteiger partial charge < -0.3 is 10.2 Å². The van der Waals surface area contributed by atoms with E-state index in [2.05, 4.69) is 0 Å². The maximum absolute atomic E-state index is 11.1. The van der Waals surface area contributed by atoms with Crippen molar-refractivity contribution in [1.29, 1.82) is 0 Å². The summed E-state index contributed by atoms with van der Waals surface area (Å²) in [4.78, 5) is 11.1. The maximum atomic E-state index is 11.1. The van der Waals surface area contributed by atoms with E-state index in [0.29, 0.717) is 0 Å². The third kappa shape index (κ3) is 3.63. The van der Waals surface area contributed by atoms with Gasteiger partial charge in [-0.15, -0.1) is 0 Å². The Morgan fingerprint density at radius 3 is 2.71 bits per heavy atom. The van der Waals surface area contributed by atoms with Crippen LogP contribution in [-0.4, -0.2) is 16.2 Å². The van der Waals surface area contributed by atoms with Crippen molar-refractivity contribution in [3.05, 3.63) is 42.0 Å². The number of aromatic hydroxyl groups is 1. The van der Waals surface area contributed by atoms with Gasteiger partial charge in [-0.05, 0) is 24.1 Å². The minimum Gasteiger partial charge on any atom is -0.508 e. The van der Waals surface area contributed by atoms with Crippen LogP contribution in [0.25, 0.3) is 0 Å². The zero-order valence-electron chi connectivity index (χ0n) is 10.1. The van der Waals surface area contributed by atoms with Crippen molar-refractivity contribution < 1.29 is 15.0 Å². The summed E-state index contributed by atoms with van der Waals surface area (Å²) in [6, 6.07) is 6.76. The van der Waals surface area contributed by atoms with Crippen molar-refractivity contribution in [2.45, 2.75) is 26.2 Å². The third-order valence-corrected chi connectivity index (χ3v) is 2.76. The minimum absolute atomic E-state index is 0.162. The number of phenolic OH excluding ortho intramolecular Hbond substituents is 1. The Bertz CT molecular complexity index is 410. The molecule has 2 N–H and O–H groups in total. The van der Waals surface area contributed by atoms with Crippen molar-refractivity contribution in [1.82, 2.24) is 0 Å². The number of hydrogen-bond acceptors (Lipinski definition) is 2. The molecule has 3 heteroatoms. The summed E-state index contributed by atoms with van der Waals surface area (Å²) < 4.78 is 0. The van der Waals surface area contributed by atoms with Crippen LogP contribution in [0.3, 0.4) is 0 Å². The number of aliphatic carboxylic acids is 1. The van der Waals surface area contributed by atoms with Crippen molar-refractivity contribution >= 4 is 5.97 Å². The lowest BCUT2D eigenvalue weighted by Crippen LogP contribution is -2.17. The number of rotatable bonds is 5. The predicted octanol–water partition coefficient (Wildman–Crippen LogP) is 3.16. The standard InChI is InChI=1S/C14H18O3/c1-3-4-8-13(10(2)14(16)17)11-6-5-7-12(15)9-11/h4-10,13,15H,3H2,1-2H3,(H,16,17)/t10?,13-/m0/s1. The highest BCUT2D eigenvalue weighted by atomic mass is 16.4. The van der Waals surface area contributed by atoms with Gasteiger partial charge in [0, 0.05) is 5.92 Å². The molecule has 0 aliphatic carbocycles.